The van der Waals surface area contributed by atoms with Gasteiger partial charge in [0.05, 0.1) is 30.9 Å². The van der Waals surface area contributed by atoms with E-state index in [1.54, 1.807) is 6.07 Å². The lowest BCUT2D eigenvalue weighted by Gasteiger charge is -2.10. The van der Waals surface area contributed by atoms with E-state index in [4.69, 9.17) is 17.3 Å². The summed E-state index contributed by atoms with van der Waals surface area (Å²) in [5.41, 5.74) is 5.67. The second-order valence-corrected chi connectivity index (χ2v) is 6.62. The van der Waals surface area contributed by atoms with Crippen molar-refractivity contribution in [2.75, 3.05) is 5.73 Å². The first kappa shape index (κ1) is 15.4. The lowest BCUT2D eigenvalue weighted by atomic mass is 10.2. The van der Waals surface area contributed by atoms with Crippen LogP contribution in [0.1, 0.15) is 5.56 Å². The number of nitrogens with two attached hydrogens (primary N) is 1. The van der Waals surface area contributed by atoms with Gasteiger partial charge in [-0.2, -0.15) is 0 Å². The molecule has 0 aliphatic carbocycles. The van der Waals surface area contributed by atoms with E-state index in [1.165, 1.54) is 18.2 Å². The average Bonchev–Trinajstić information content (AvgIpc) is 2.39. The highest BCUT2D eigenvalue weighted by molar-refractivity contribution is 9.10. The second kappa shape index (κ2) is 6.20. The van der Waals surface area contributed by atoms with E-state index in [-0.39, 0.29) is 31.4 Å². The molecular formula is C13H9BrClF2NOS. The molecular weight excluding hydrogens is 372 g/mol. The predicted octanol–water partition coefficient (Wildman–Crippen LogP) is 4.27. The molecule has 1 unspecified atom stereocenters. The van der Waals surface area contributed by atoms with Crippen LogP contribution in [0.5, 0.6) is 0 Å². The number of halogens is 4. The molecule has 0 aliphatic rings. The van der Waals surface area contributed by atoms with Gasteiger partial charge in [-0.25, -0.2) is 8.78 Å². The minimum atomic E-state index is -1.74. The van der Waals surface area contributed by atoms with Crippen LogP contribution in [0, 0.1) is 11.6 Å². The highest BCUT2D eigenvalue weighted by Gasteiger charge is 2.19. The van der Waals surface area contributed by atoms with Gasteiger partial charge < -0.3 is 5.73 Å². The summed E-state index contributed by atoms with van der Waals surface area (Å²) in [4.78, 5) is 0.188. The highest BCUT2D eigenvalue weighted by atomic mass is 79.9. The molecule has 0 heterocycles. The Balaban J connectivity index is 2.41. The van der Waals surface area contributed by atoms with Gasteiger partial charge >= 0.3 is 0 Å². The summed E-state index contributed by atoms with van der Waals surface area (Å²) in [5.74, 6) is -1.88. The van der Waals surface area contributed by atoms with Crippen molar-refractivity contribution in [1.82, 2.24) is 0 Å². The average molecular weight is 381 g/mol. The summed E-state index contributed by atoms with van der Waals surface area (Å²) in [7, 11) is -1.74. The number of rotatable bonds is 3. The van der Waals surface area contributed by atoms with E-state index in [2.05, 4.69) is 15.9 Å². The maximum absolute atomic E-state index is 13.9. The molecule has 0 amide bonds. The number of benzene rings is 2. The van der Waals surface area contributed by atoms with Crippen molar-refractivity contribution in [3.05, 3.63) is 57.0 Å². The van der Waals surface area contributed by atoms with Crippen molar-refractivity contribution in [1.29, 1.82) is 0 Å². The SMILES string of the molecule is Nc1cccc(Cl)c1S(=O)Cc1c(F)ccc(Br)c1F. The molecule has 20 heavy (non-hydrogen) atoms. The number of hydrogen-bond donors (Lipinski definition) is 1. The summed E-state index contributed by atoms with van der Waals surface area (Å²) < 4.78 is 39.9. The van der Waals surface area contributed by atoms with Gasteiger partial charge in [0.15, 0.2) is 0 Å². The molecule has 2 rings (SSSR count). The molecule has 0 radical (unpaired) electrons. The summed E-state index contributed by atoms with van der Waals surface area (Å²) in [6.07, 6.45) is 0. The standard InChI is InChI=1S/C13H9BrClF2NOS/c14-8-4-5-10(16)7(12(8)17)6-20(19)13-9(15)2-1-3-11(13)18/h1-5H,6,18H2. The predicted molar refractivity (Wildman–Crippen MR) is 80.0 cm³/mol. The largest absolute Gasteiger partial charge is 0.398 e. The smallest absolute Gasteiger partial charge is 0.144 e. The quantitative estimate of drug-likeness (QED) is 0.638. The zero-order valence-corrected chi connectivity index (χ0v) is 13.2. The van der Waals surface area contributed by atoms with Crippen LogP contribution < -0.4 is 5.73 Å². The highest BCUT2D eigenvalue weighted by Crippen LogP contribution is 2.29. The molecule has 0 spiro atoms. The lowest BCUT2D eigenvalue weighted by Crippen LogP contribution is -2.05. The van der Waals surface area contributed by atoms with E-state index < -0.39 is 22.4 Å². The number of nitrogen functional groups attached to an aromatic ring is 1. The molecule has 106 valence electrons. The van der Waals surface area contributed by atoms with Crippen LogP contribution in [-0.4, -0.2) is 4.21 Å². The molecule has 1 atom stereocenters. The Kier molecular flexibility index (Phi) is 4.78. The van der Waals surface area contributed by atoms with Crippen molar-refractivity contribution in [3.8, 4) is 0 Å². The first-order valence-corrected chi connectivity index (χ1v) is 7.95. The van der Waals surface area contributed by atoms with Crippen LogP contribution in [0.25, 0.3) is 0 Å². The third-order valence-corrected chi connectivity index (χ3v) is 5.14. The van der Waals surface area contributed by atoms with Gasteiger partial charge in [-0.1, -0.05) is 17.7 Å². The number of anilines is 1. The zero-order valence-electron chi connectivity index (χ0n) is 10.00. The second-order valence-electron chi connectivity index (χ2n) is 3.97. The van der Waals surface area contributed by atoms with E-state index >= 15 is 0 Å². The number of hydrogen-bond acceptors (Lipinski definition) is 2. The molecule has 0 aromatic heterocycles. The fourth-order valence-corrected chi connectivity index (χ4v) is 3.77. The first-order chi connectivity index (χ1) is 9.41. The van der Waals surface area contributed by atoms with E-state index in [0.717, 1.165) is 6.07 Å². The van der Waals surface area contributed by atoms with Gasteiger partial charge in [0.25, 0.3) is 0 Å². The third-order valence-electron chi connectivity index (χ3n) is 2.64. The van der Waals surface area contributed by atoms with Gasteiger partial charge in [-0.15, -0.1) is 0 Å². The normalized spacial score (nSPS) is 12.4. The Hall–Kier alpha value is -0.980. The Morgan fingerprint density at radius 3 is 2.60 bits per heavy atom. The summed E-state index contributed by atoms with van der Waals surface area (Å²) in [5, 5.41) is 0.208. The van der Waals surface area contributed by atoms with E-state index in [1.807, 2.05) is 0 Å². The van der Waals surface area contributed by atoms with Gasteiger partial charge in [-0.3, -0.25) is 4.21 Å². The zero-order chi connectivity index (χ0) is 14.9. The van der Waals surface area contributed by atoms with Crippen molar-refractivity contribution in [3.63, 3.8) is 0 Å². The van der Waals surface area contributed by atoms with E-state index in [9.17, 15) is 13.0 Å². The molecule has 2 N–H and O–H groups in total. The topological polar surface area (TPSA) is 43.1 Å². The Bertz CT molecular complexity index is 676. The van der Waals surface area contributed by atoms with Crippen molar-refractivity contribution in [2.24, 2.45) is 0 Å². The van der Waals surface area contributed by atoms with E-state index in [0.29, 0.717) is 0 Å². The summed E-state index contributed by atoms with van der Waals surface area (Å²) >= 11 is 8.90. The van der Waals surface area contributed by atoms with Crippen molar-refractivity contribution < 1.29 is 13.0 Å². The molecule has 0 aliphatic heterocycles. The fraction of sp³-hybridized carbons (Fsp3) is 0.0769. The maximum atomic E-state index is 13.9. The monoisotopic (exact) mass is 379 g/mol. The molecule has 0 saturated heterocycles. The third kappa shape index (κ3) is 3.02. The summed E-state index contributed by atoms with van der Waals surface area (Å²) in [6, 6.07) is 7.03. The molecule has 2 nitrogen and oxygen atoms in total. The molecule has 7 heteroatoms. The van der Waals surface area contributed by atoms with Crippen molar-refractivity contribution >= 4 is 44.0 Å². The summed E-state index contributed by atoms with van der Waals surface area (Å²) in [6.45, 7) is 0. The van der Waals surface area contributed by atoms with Gasteiger partial charge in [0, 0.05) is 11.3 Å². The van der Waals surface area contributed by atoms with Gasteiger partial charge in [-0.05, 0) is 40.2 Å². The first-order valence-electron chi connectivity index (χ1n) is 5.46. The lowest BCUT2D eigenvalue weighted by molar-refractivity contribution is 0.560. The van der Waals surface area contributed by atoms with Gasteiger partial charge in [0.2, 0.25) is 0 Å². The Labute approximate surface area is 130 Å². The van der Waals surface area contributed by atoms with Crippen LogP contribution in [-0.2, 0) is 16.6 Å². The molecule has 0 saturated carbocycles. The Morgan fingerprint density at radius 1 is 1.25 bits per heavy atom. The van der Waals surface area contributed by atoms with Crippen LogP contribution in [0.3, 0.4) is 0 Å². The van der Waals surface area contributed by atoms with Crippen LogP contribution >= 0.6 is 27.5 Å². The molecule has 2 aromatic rings. The van der Waals surface area contributed by atoms with Crippen molar-refractivity contribution in [2.45, 2.75) is 10.6 Å². The fourth-order valence-electron chi connectivity index (χ4n) is 1.67. The van der Waals surface area contributed by atoms with Crippen LogP contribution in [0.4, 0.5) is 14.5 Å². The maximum Gasteiger partial charge on any atom is 0.144 e. The minimum absolute atomic E-state index is 0.109. The molecule has 0 fully saturated rings. The van der Waals surface area contributed by atoms with Crippen LogP contribution in [0.15, 0.2) is 39.7 Å². The van der Waals surface area contributed by atoms with Crippen LogP contribution in [0.2, 0.25) is 5.02 Å². The minimum Gasteiger partial charge on any atom is -0.398 e. The molecule has 2 aromatic carbocycles. The van der Waals surface area contributed by atoms with Gasteiger partial charge in [0.1, 0.15) is 11.6 Å². The molecule has 0 bridgehead atoms. The Morgan fingerprint density at radius 2 is 1.95 bits per heavy atom.